The summed E-state index contributed by atoms with van der Waals surface area (Å²) < 4.78 is 36.3. The summed E-state index contributed by atoms with van der Waals surface area (Å²) in [4.78, 5) is 11.8. The third kappa shape index (κ3) is 2.11. The zero-order valence-electron chi connectivity index (χ0n) is 10.9. The Morgan fingerprint density at radius 3 is 2.40 bits per heavy atom. The van der Waals surface area contributed by atoms with Gasteiger partial charge in [-0.2, -0.15) is 0 Å². The molecule has 0 saturated carbocycles. The second-order valence-corrected chi connectivity index (χ2v) is 7.51. The van der Waals surface area contributed by atoms with E-state index in [9.17, 15) is 17.6 Å². The molecule has 0 bridgehead atoms. The minimum Gasteiger partial charge on any atom is -0.423 e. The van der Waals surface area contributed by atoms with Gasteiger partial charge in [0.05, 0.1) is 6.54 Å². The highest BCUT2D eigenvalue weighted by Crippen LogP contribution is 2.35. The van der Waals surface area contributed by atoms with Crippen LogP contribution in [0.15, 0.2) is 18.2 Å². The third-order valence-corrected chi connectivity index (χ3v) is 5.62. The quantitative estimate of drug-likeness (QED) is 0.695. The molecule has 20 heavy (non-hydrogen) atoms. The predicted octanol–water partition coefficient (Wildman–Crippen LogP) is -1.04. The molecule has 1 fully saturated rings. The van der Waals surface area contributed by atoms with E-state index in [4.69, 9.17) is 10.0 Å². The number of carbonyl (C=O) groups excluding carboxylic acids is 1. The smallest absolute Gasteiger partial charge is 0.423 e. The van der Waals surface area contributed by atoms with E-state index in [0.29, 0.717) is 4.31 Å². The maximum atomic E-state index is 13.3. The van der Waals surface area contributed by atoms with Crippen LogP contribution in [0.25, 0.3) is 0 Å². The molecule has 1 heterocycles. The van der Waals surface area contributed by atoms with Crippen molar-refractivity contribution < 1.29 is 27.7 Å². The Kier molecular flexibility index (Phi) is 3.39. The second kappa shape index (κ2) is 4.54. The topological polar surface area (TPSA) is 94.9 Å². The van der Waals surface area contributed by atoms with Crippen LogP contribution in [-0.2, 0) is 21.4 Å². The SMILES string of the molecule is CC1(C)C(=O)N(Cc2cc(F)cc(B(O)O)c2)S1(=O)=O. The molecule has 0 radical (unpaired) electrons. The van der Waals surface area contributed by atoms with E-state index >= 15 is 0 Å². The average Bonchev–Trinajstić information content (AvgIpc) is 2.34. The molecule has 1 saturated heterocycles. The van der Waals surface area contributed by atoms with Crippen molar-refractivity contribution in [3.63, 3.8) is 0 Å². The molecule has 0 aromatic heterocycles. The van der Waals surface area contributed by atoms with E-state index in [1.54, 1.807) is 0 Å². The van der Waals surface area contributed by atoms with Gasteiger partial charge in [-0.3, -0.25) is 4.79 Å². The summed E-state index contributed by atoms with van der Waals surface area (Å²) >= 11 is 0. The monoisotopic (exact) mass is 301 g/mol. The van der Waals surface area contributed by atoms with E-state index in [2.05, 4.69) is 0 Å². The lowest BCUT2D eigenvalue weighted by Gasteiger charge is -2.43. The van der Waals surface area contributed by atoms with Gasteiger partial charge in [-0.15, -0.1) is 0 Å². The van der Waals surface area contributed by atoms with Crippen LogP contribution in [0.4, 0.5) is 4.39 Å². The molecule has 1 aromatic rings. The maximum absolute atomic E-state index is 13.3. The normalized spacial score (nSPS) is 19.6. The molecule has 0 aliphatic carbocycles. The lowest BCUT2D eigenvalue weighted by molar-refractivity contribution is -0.132. The summed E-state index contributed by atoms with van der Waals surface area (Å²) in [6.07, 6.45) is 0. The fourth-order valence-corrected chi connectivity index (χ4v) is 3.51. The summed E-state index contributed by atoms with van der Waals surface area (Å²) in [6, 6.07) is 3.20. The van der Waals surface area contributed by atoms with Crippen molar-refractivity contribution in [2.45, 2.75) is 25.1 Å². The second-order valence-electron chi connectivity index (χ2n) is 5.09. The zero-order valence-corrected chi connectivity index (χ0v) is 11.7. The maximum Gasteiger partial charge on any atom is 0.488 e. The van der Waals surface area contributed by atoms with E-state index in [1.807, 2.05) is 0 Å². The first-order chi connectivity index (χ1) is 9.07. The van der Waals surface area contributed by atoms with Crippen molar-refractivity contribution in [1.29, 1.82) is 0 Å². The molecule has 2 rings (SSSR count). The van der Waals surface area contributed by atoms with Crippen molar-refractivity contribution in [2.24, 2.45) is 0 Å². The van der Waals surface area contributed by atoms with Crippen molar-refractivity contribution in [1.82, 2.24) is 4.31 Å². The minimum absolute atomic E-state index is 0.107. The summed E-state index contributed by atoms with van der Waals surface area (Å²) in [7, 11) is -5.63. The zero-order chi connectivity index (χ0) is 15.3. The Bertz CT molecular complexity index is 673. The minimum atomic E-state index is -3.76. The fraction of sp³-hybridized carbons (Fsp3) is 0.364. The van der Waals surface area contributed by atoms with Crippen LogP contribution < -0.4 is 5.46 Å². The van der Waals surface area contributed by atoms with E-state index in [-0.39, 0.29) is 17.6 Å². The number of benzene rings is 1. The van der Waals surface area contributed by atoms with Gasteiger partial charge in [-0.05, 0) is 37.0 Å². The highest BCUT2D eigenvalue weighted by molar-refractivity contribution is 7.94. The molecule has 0 spiro atoms. The van der Waals surface area contributed by atoms with Crippen LogP contribution in [-0.4, -0.2) is 40.5 Å². The highest BCUT2D eigenvalue weighted by Gasteiger charge is 2.59. The van der Waals surface area contributed by atoms with Gasteiger partial charge in [0.1, 0.15) is 5.82 Å². The number of amides is 1. The van der Waals surface area contributed by atoms with Crippen LogP contribution in [0, 0.1) is 5.82 Å². The van der Waals surface area contributed by atoms with E-state index < -0.39 is 33.6 Å². The van der Waals surface area contributed by atoms with E-state index in [0.717, 1.165) is 12.1 Å². The summed E-state index contributed by atoms with van der Waals surface area (Å²) in [5.74, 6) is -1.32. The Morgan fingerprint density at radius 2 is 1.90 bits per heavy atom. The highest BCUT2D eigenvalue weighted by atomic mass is 32.2. The third-order valence-electron chi connectivity index (χ3n) is 3.28. The number of sulfonamides is 1. The Balaban J connectivity index is 2.31. The number of hydrogen-bond donors (Lipinski definition) is 2. The molecule has 1 aromatic carbocycles. The number of rotatable bonds is 3. The van der Waals surface area contributed by atoms with E-state index in [1.165, 1.54) is 19.9 Å². The molecule has 9 heteroatoms. The van der Waals surface area contributed by atoms with Crippen LogP contribution in [0.2, 0.25) is 0 Å². The first-order valence-corrected chi connectivity index (χ1v) is 7.23. The molecular formula is C11H13BFNO5S. The fourth-order valence-electron chi connectivity index (χ4n) is 1.99. The first kappa shape index (κ1) is 15.0. The molecule has 1 aliphatic heterocycles. The number of hydrogen-bond acceptors (Lipinski definition) is 5. The summed E-state index contributed by atoms with van der Waals surface area (Å²) in [5, 5.41) is 18.0. The molecule has 0 atom stereocenters. The molecule has 2 N–H and O–H groups in total. The van der Waals surface area contributed by atoms with Gasteiger partial charge in [-0.1, -0.05) is 6.07 Å². The lowest BCUT2D eigenvalue weighted by Crippen LogP contribution is -2.66. The lowest BCUT2D eigenvalue weighted by atomic mass is 9.79. The molecule has 1 amide bonds. The Hall–Kier alpha value is -1.45. The molecule has 108 valence electrons. The molecule has 6 nitrogen and oxygen atoms in total. The van der Waals surface area contributed by atoms with Crippen molar-refractivity contribution in [3.05, 3.63) is 29.6 Å². The van der Waals surface area contributed by atoms with Gasteiger partial charge in [0.2, 0.25) is 0 Å². The van der Waals surface area contributed by atoms with Crippen LogP contribution in [0.5, 0.6) is 0 Å². The van der Waals surface area contributed by atoms with Gasteiger partial charge in [0.15, 0.2) is 4.75 Å². The van der Waals surface area contributed by atoms with Gasteiger partial charge >= 0.3 is 7.12 Å². The van der Waals surface area contributed by atoms with Crippen LogP contribution in [0.3, 0.4) is 0 Å². The Labute approximate surface area is 116 Å². The average molecular weight is 301 g/mol. The predicted molar refractivity (Wildman–Crippen MR) is 69.8 cm³/mol. The van der Waals surface area contributed by atoms with Crippen molar-refractivity contribution >= 4 is 28.5 Å². The van der Waals surface area contributed by atoms with Gasteiger partial charge in [0, 0.05) is 0 Å². The van der Waals surface area contributed by atoms with Crippen LogP contribution in [0.1, 0.15) is 19.4 Å². The molecule has 0 unspecified atom stereocenters. The van der Waals surface area contributed by atoms with Gasteiger partial charge < -0.3 is 10.0 Å². The van der Waals surface area contributed by atoms with Gasteiger partial charge in [-0.25, -0.2) is 17.1 Å². The van der Waals surface area contributed by atoms with Crippen molar-refractivity contribution in [3.8, 4) is 0 Å². The summed E-state index contributed by atoms with van der Waals surface area (Å²) in [6.45, 7) is 2.27. The molecular weight excluding hydrogens is 288 g/mol. The Morgan fingerprint density at radius 1 is 1.30 bits per heavy atom. The largest absolute Gasteiger partial charge is 0.488 e. The standard InChI is InChI=1S/C11H13BFNO5S/c1-11(2)10(15)14(20(11,18)19)6-7-3-8(12(16)17)5-9(13)4-7/h3-5,16-17H,6H2,1-2H3. The van der Waals surface area contributed by atoms with Crippen LogP contribution >= 0.6 is 0 Å². The number of halogens is 1. The van der Waals surface area contributed by atoms with Gasteiger partial charge in [0.25, 0.3) is 15.9 Å². The van der Waals surface area contributed by atoms with Crippen molar-refractivity contribution in [2.75, 3.05) is 0 Å². The molecule has 1 aliphatic rings. The number of nitrogens with zero attached hydrogens (tertiary/aromatic N) is 1. The first-order valence-electron chi connectivity index (χ1n) is 5.79. The number of carbonyl (C=O) groups is 1. The summed E-state index contributed by atoms with van der Waals surface area (Å²) in [5.41, 5.74) is 0.0603.